The minimum atomic E-state index is -0.317. The summed E-state index contributed by atoms with van der Waals surface area (Å²) in [4.78, 5) is 16.2. The Bertz CT molecular complexity index is 587. The maximum atomic E-state index is 12.0. The molecule has 0 unspecified atom stereocenters. The molecule has 0 aliphatic carbocycles. The summed E-state index contributed by atoms with van der Waals surface area (Å²) in [5.41, 5.74) is 0.784. The van der Waals surface area contributed by atoms with Crippen LogP contribution in [0.2, 0.25) is 0 Å². The van der Waals surface area contributed by atoms with Gasteiger partial charge in [0.25, 0.3) is 5.91 Å². The highest BCUT2D eigenvalue weighted by atomic mass is 16.5. The molecule has 0 saturated carbocycles. The first-order valence-electron chi connectivity index (χ1n) is 6.61. The van der Waals surface area contributed by atoms with E-state index >= 15 is 0 Å². The lowest BCUT2D eigenvalue weighted by Crippen LogP contribution is -2.27. The number of rotatable bonds is 5. The molecule has 0 aromatic carbocycles. The predicted octanol–water partition coefficient (Wildman–Crippen LogP) is 1.79. The third-order valence-electron chi connectivity index (χ3n) is 2.75. The van der Waals surface area contributed by atoms with Crippen LogP contribution in [0.3, 0.4) is 0 Å². The first-order chi connectivity index (χ1) is 9.45. The predicted molar refractivity (Wildman–Crippen MR) is 72.0 cm³/mol. The largest absolute Gasteiger partial charge is 0.351 e. The third-order valence-corrected chi connectivity index (χ3v) is 2.75. The number of carbonyl (C=O) groups is 1. The molecule has 0 aliphatic rings. The van der Waals surface area contributed by atoms with Crippen LogP contribution < -0.4 is 5.32 Å². The highest BCUT2D eigenvalue weighted by Crippen LogP contribution is 2.11. The van der Waals surface area contributed by atoms with Crippen molar-refractivity contribution in [2.75, 3.05) is 0 Å². The van der Waals surface area contributed by atoms with Gasteiger partial charge in [0.1, 0.15) is 5.82 Å². The molecule has 2 heterocycles. The first-order valence-corrected chi connectivity index (χ1v) is 6.61. The number of H-pyrrole nitrogens is 1. The second kappa shape index (κ2) is 5.85. The number of aromatic amines is 1. The molecule has 0 spiro atoms. The van der Waals surface area contributed by atoms with E-state index in [2.05, 4.69) is 39.5 Å². The molecule has 2 rings (SSSR count). The van der Waals surface area contributed by atoms with Crippen molar-refractivity contribution < 1.29 is 9.32 Å². The van der Waals surface area contributed by atoms with Gasteiger partial charge in [-0.1, -0.05) is 19.0 Å². The molecule has 0 aliphatic heterocycles. The lowest BCUT2D eigenvalue weighted by Gasteiger charge is -2.07. The topological polar surface area (TPSA) is 96.7 Å². The molecular weight excluding hydrogens is 258 g/mol. The number of carbonyl (C=O) groups excluding carboxylic acids is 1. The number of nitrogens with one attached hydrogen (secondary N) is 2. The molecule has 2 aromatic heterocycles. The third kappa shape index (κ3) is 3.43. The molecule has 0 radical (unpaired) electrons. The van der Waals surface area contributed by atoms with E-state index in [9.17, 15) is 4.79 Å². The van der Waals surface area contributed by atoms with Crippen molar-refractivity contribution in [2.45, 2.75) is 40.2 Å². The Kier molecular flexibility index (Phi) is 4.16. The maximum absolute atomic E-state index is 12.0. The standard InChI is InChI=1S/C13H19N5O2/c1-7(2)5-10-6-11(20-18-10)13(19)14-8(3)12-15-9(4)16-17-12/h6-8H,5H2,1-4H3,(H,14,19)(H,15,16,17)/t8-/m0/s1. The van der Waals surface area contributed by atoms with Crippen LogP contribution >= 0.6 is 0 Å². The summed E-state index contributed by atoms with van der Waals surface area (Å²) in [7, 11) is 0. The fraction of sp³-hybridized carbons (Fsp3) is 0.538. The Hall–Kier alpha value is -2.18. The molecule has 2 aromatic rings. The van der Waals surface area contributed by atoms with E-state index in [-0.39, 0.29) is 17.7 Å². The van der Waals surface area contributed by atoms with Gasteiger partial charge in [-0.3, -0.25) is 9.89 Å². The molecule has 7 heteroatoms. The molecule has 108 valence electrons. The second-order valence-corrected chi connectivity index (χ2v) is 5.25. The fourth-order valence-corrected chi connectivity index (χ4v) is 1.82. The smallest absolute Gasteiger partial charge is 0.290 e. The van der Waals surface area contributed by atoms with Crippen molar-refractivity contribution >= 4 is 5.91 Å². The van der Waals surface area contributed by atoms with E-state index in [4.69, 9.17) is 4.52 Å². The van der Waals surface area contributed by atoms with E-state index < -0.39 is 0 Å². The molecule has 20 heavy (non-hydrogen) atoms. The van der Waals surface area contributed by atoms with Crippen LogP contribution in [0.15, 0.2) is 10.6 Å². The minimum absolute atomic E-state index is 0.208. The summed E-state index contributed by atoms with van der Waals surface area (Å²) in [6.45, 7) is 7.79. The van der Waals surface area contributed by atoms with Crippen molar-refractivity contribution in [3.8, 4) is 0 Å². The van der Waals surface area contributed by atoms with Gasteiger partial charge < -0.3 is 9.84 Å². The number of nitrogens with zero attached hydrogens (tertiary/aromatic N) is 3. The van der Waals surface area contributed by atoms with Crippen LogP contribution in [0.4, 0.5) is 0 Å². The number of amides is 1. The summed E-state index contributed by atoms with van der Waals surface area (Å²) in [6, 6.07) is 1.37. The molecule has 7 nitrogen and oxygen atoms in total. The molecular formula is C13H19N5O2. The Morgan fingerprint density at radius 3 is 2.80 bits per heavy atom. The molecule has 0 saturated heterocycles. The SMILES string of the molecule is Cc1nc([C@H](C)NC(=O)c2cc(CC(C)C)no2)n[nH]1. The Balaban J connectivity index is 1.99. The average Bonchev–Trinajstić information content (AvgIpc) is 2.97. The Morgan fingerprint density at radius 1 is 1.45 bits per heavy atom. The summed E-state index contributed by atoms with van der Waals surface area (Å²) < 4.78 is 5.06. The van der Waals surface area contributed by atoms with E-state index in [0.717, 1.165) is 12.1 Å². The van der Waals surface area contributed by atoms with Gasteiger partial charge in [-0.25, -0.2) is 4.98 Å². The highest BCUT2D eigenvalue weighted by molar-refractivity contribution is 5.91. The normalized spacial score (nSPS) is 12.7. The number of hydrogen-bond donors (Lipinski definition) is 2. The molecule has 0 bridgehead atoms. The van der Waals surface area contributed by atoms with Crippen molar-refractivity contribution in [2.24, 2.45) is 5.92 Å². The van der Waals surface area contributed by atoms with E-state index in [0.29, 0.717) is 17.6 Å². The molecule has 1 atom stereocenters. The van der Waals surface area contributed by atoms with Crippen LogP contribution in [0.25, 0.3) is 0 Å². The van der Waals surface area contributed by atoms with Crippen molar-refractivity contribution in [3.63, 3.8) is 0 Å². The monoisotopic (exact) mass is 277 g/mol. The van der Waals surface area contributed by atoms with Gasteiger partial charge in [0.05, 0.1) is 11.7 Å². The quantitative estimate of drug-likeness (QED) is 0.868. The average molecular weight is 277 g/mol. The van der Waals surface area contributed by atoms with Crippen LogP contribution in [-0.4, -0.2) is 26.2 Å². The van der Waals surface area contributed by atoms with Gasteiger partial charge in [-0.2, -0.15) is 5.10 Å². The lowest BCUT2D eigenvalue weighted by atomic mass is 10.1. The Labute approximate surface area is 117 Å². The van der Waals surface area contributed by atoms with Crippen molar-refractivity contribution in [1.82, 2.24) is 25.7 Å². The first kappa shape index (κ1) is 14.2. The zero-order valence-corrected chi connectivity index (χ0v) is 12.1. The summed E-state index contributed by atoms with van der Waals surface area (Å²) in [5, 5.41) is 13.4. The van der Waals surface area contributed by atoms with Gasteiger partial charge in [0.15, 0.2) is 5.82 Å². The van der Waals surface area contributed by atoms with Crippen molar-refractivity contribution in [3.05, 3.63) is 29.2 Å². The van der Waals surface area contributed by atoms with E-state index in [1.807, 2.05) is 6.92 Å². The van der Waals surface area contributed by atoms with Gasteiger partial charge in [-0.05, 0) is 26.2 Å². The zero-order valence-electron chi connectivity index (χ0n) is 12.1. The second-order valence-electron chi connectivity index (χ2n) is 5.25. The van der Waals surface area contributed by atoms with Gasteiger partial charge in [0, 0.05) is 6.07 Å². The van der Waals surface area contributed by atoms with Gasteiger partial charge >= 0.3 is 0 Å². The van der Waals surface area contributed by atoms with Crippen molar-refractivity contribution in [1.29, 1.82) is 0 Å². The van der Waals surface area contributed by atoms with Crippen LogP contribution in [0, 0.1) is 12.8 Å². The zero-order chi connectivity index (χ0) is 14.7. The molecule has 2 N–H and O–H groups in total. The van der Waals surface area contributed by atoms with Gasteiger partial charge in [-0.15, -0.1) is 0 Å². The summed E-state index contributed by atoms with van der Waals surface area (Å²) >= 11 is 0. The number of hydrogen-bond acceptors (Lipinski definition) is 5. The summed E-state index contributed by atoms with van der Waals surface area (Å²) in [6.07, 6.45) is 0.784. The van der Waals surface area contributed by atoms with Crippen LogP contribution in [0.5, 0.6) is 0 Å². The fourth-order valence-electron chi connectivity index (χ4n) is 1.82. The maximum Gasteiger partial charge on any atom is 0.290 e. The van der Waals surface area contributed by atoms with E-state index in [1.165, 1.54) is 0 Å². The Morgan fingerprint density at radius 2 is 2.20 bits per heavy atom. The minimum Gasteiger partial charge on any atom is -0.351 e. The highest BCUT2D eigenvalue weighted by Gasteiger charge is 2.18. The van der Waals surface area contributed by atoms with E-state index in [1.54, 1.807) is 13.0 Å². The molecule has 1 amide bonds. The lowest BCUT2D eigenvalue weighted by molar-refractivity contribution is 0.0901. The van der Waals surface area contributed by atoms with Crippen LogP contribution in [0.1, 0.15) is 54.7 Å². The van der Waals surface area contributed by atoms with Gasteiger partial charge in [0.2, 0.25) is 5.76 Å². The number of aromatic nitrogens is 4. The molecule has 0 fully saturated rings. The van der Waals surface area contributed by atoms with Crippen LogP contribution in [-0.2, 0) is 6.42 Å². The summed E-state index contributed by atoms with van der Waals surface area (Å²) in [5.74, 6) is 1.60. The number of aryl methyl sites for hydroxylation is 1.